The van der Waals surface area contributed by atoms with Gasteiger partial charge < -0.3 is 0 Å². The molecule has 0 aliphatic rings. The largest absolute Gasteiger partial charge is 0.227 e. The number of hydrogen-bond donors (Lipinski definition) is 0. The molecule has 0 radical (unpaired) electrons. The van der Waals surface area contributed by atoms with Crippen LogP contribution >= 0.6 is 0 Å². The average molecular weight is 363 g/mol. The van der Waals surface area contributed by atoms with Crippen LogP contribution in [-0.4, -0.2) is 24.8 Å². The molecule has 0 fully saturated rings. The molecule has 0 saturated heterocycles. The van der Waals surface area contributed by atoms with Crippen molar-refractivity contribution in [1.82, 2.24) is 24.8 Å². The molecule has 0 unspecified atom stereocenters. The lowest BCUT2D eigenvalue weighted by Crippen LogP contribution is -2.06. The number of aromatic nitrogens is 5. The maximum Gasteiger partial charge on any atom is 0.200 e. The van der Waals surface area contributed by atoms with Gasteiger partial charge in [-0.1, -0.05) is 91.0 Å². The molecular formula is C23H17N5. The van der Waals surface area contributed by atoms with Gasteiger partial charge in [-0.2, -0.15) is 4.52 Å². The van der Waals surface area contributed by atoms with Crippen LogP contribution in [0.1, 0.15) is 11.3 Å². The van der Waals surface area contributed by atoms with Crippen molar-refractivity contribution < 1.29 is 0 Å². The van der Waals surface area contributed by atoms with Crippen LogP contribution in [0.3, 0.4) is 0 Å². The highest BCUT2D eigenvalue weighted by atomic mass is 15.4. The van der Waals surface area contributed by atoms with Crippen molar-refractivity contribution in [3.63, 3.8) is 0 Å². The Bertz CT molecular complexity index is 1220. The van der Waals surface area contributed by atoms with E-state index in [1.54, 1.807) is 0 Å². The Kier molecular flexibility index (Phi) is 4.10. The summed E-state index contributed by atoms with van der Waals surface area (Å²) in [5.41, 5.74) is 4.65. The summed E-state index contributed by atoms with van der Waals surface area (Å²) in [5, 5.41) is 13.6. The minimum atomic E-state index is 0.663. The van der Waals surface area contributed by atoms with Crippen LogP contribution in [0.4, 0.5) is 0 Å². The normalized spacial score (nSPS) is 11.0. The van der Waals surface area contributed by atoms with Gasteiger partial charge in [0.05, 0.1) is 5.69 Å². The second kappa shape index (κ2) is 7.04. The van der Waals surface area contributed by atoms with Crippen LogP contribution in [0.15, 0.2) is 91.0 Å². The van der Waals surface area contributed by atoms with Crippen molar-refractivity contribution in [2.75, 3.05) is 0 Å². The van der Waals surface area contributed by atoms with E-state index in [9.17, 15) is 0 Å². The topological polar surface area (TPSA) is 56.0 Å². The molecular weight excluding hydrogens is 346 g/mol. The summed E-state index contributed by atoms with van der Waals surface area (Å²) in [7, 11) is 0. The second-order valence-electron chi connectivity index (χ2n) is 6.54. The highest BCUT2D eigenvalue weighted by Gasteiger charge is 2.16. The Hall–Kier alpha value is -3.86. The summed E-state index contributed by atoms with van der Waals surface area (Å²) in [5.74, 6) is 1.38. The Morgan fingerprint density at radius 3 is 1.93 bits per heavy atom. The molecule has 5 rings (SSSR count). The summed E-state index contributed by atoms with van der Waals surface area (Å²) < 4.78 is 1.81. The minimum Gasteiger partial charge on any atom is -0.227 e. The van der Waals surface area contributed by atoms with Crippen LogP contribution in [0.2, 0.25) is 0 Å². The molecule has 2 heterocycles. The van der Waals surface area contributed by atoms with E-state index in [-0.39, 0.29) is 0 Å². The maximum absolute atomic E-state index is 4.84. The van der Waals surface area contributed by atoms with Crippen LogP contribution in [-0.2, 0) is 6.42 Å². The van der Waals surface area contributed by atoms with E-state index in [2.05, 4.69) is 22.3 Å². The first-order valence-electron chi connectivity index (χ1n) is 9.15. The first kappa shape index (κ1) is 16.3. The van der Waals surface area contributed by atoms with E-state index in [0.717, 1.165) is 16.8 Å². The molecule has 5 aromatic rings. The number of benzene rings is 3. The summed E-state index contributed by atoms with van der Waals surface area (Å²) in [6, 6.07) is 30.2. The SMILES string of the molecule is c1ccc(Cc2nc(-c3ccccc3)nn3c(-c4ccccc4)nnc23)cc1. The zero-order valence-corrected chi connectivity index (χ0v) is 15.1. The molecule has 0 aliphatic carbocycles. The van der Waals surface area contributed by atoms with Gasteiger partial charge in [0.1, 0.15) is 0 Å². The Balaban J connectivity index is 1.72. The number of rotatable bonds is 4. The van der Waals surface area contributed by atoms with Gasteiger partial charge in [-0.05, 0) is 5.56 Å². The van der Waals surface area contributed by atoms with Crippen molar-refractivity contribution >= 4 is 5.65 Å². The molecule has 0 bridgehead atoms. The van der Waals surface area contributed by atoms with E-state index in [1.165, 1.54) is 5.56 Å². The van der Waals surface area contributed by atoms with E-state index < -0.39 is 0 Å². The van der Waals surface area contributed by atoms with Gasteiger partial charge in [0.15, 0.2) is 17.3 Å². The first-order valence-corrected chi connectivity index (χ1v) is 9.15. The van der Waals surface area contributed by atoms with Gasteiger partial charge in [0.2, 0.25) is 0 Å². The van der Waals surface area contributed by atoms with Crippen molar-refractivity contribution in [2.45, 2.75) is 6.42 Å². The number of hydrogen-bond acceptors (Lipinski definition) is 4. The number of fused-ring (bicyclic) bond motifs is 1. The van der Waals surface area contributed by atoms with Gasteiger partial charge in [0.25, 0.3) is 0 Å². The van der Waals surface area contributed by atoms with Gasteiger partial charge in [0, 0.05) is 17.5 Å². The molecule has 5 heteroatoms. The van der Waals surface area contributed by atoms with Crippen LogP contribution < -0.4 is 0 Å². The van der Waals surface area contributed by atoms with E-state index in [4.69, 9.17) is 10.1 Å². The highest BCUT2D eigenvalue weighted by Crippen LogP contribution is 2.23. The fraction of sp³-hybridized carbons (Fsp3) is 0.0435. The summed E-state index contributed by atoms with van der Waals surface area (Å²) in [4.78, 5) is 4.84. The molecule has 134 valence electrons. The fourth-order valence-electron chi connectivity index (χ4n) is 3.23. The molecule has 5 nitrogen and oxygen atoms in total. The second-order valence-corrected chi connectivity index (χ2v) is 6.54. The molecule has 0 spiro atoms. The lowest BCUT2D eigenvalue weighted by molar-refractivity contribution is 0.880. The highest BCUT2D eigenvalue weighted by molar-refractivity contribution is 5.62. The molecule has 0 saturated carbocycles. The molecule has 0 amide bonds. The average Bonchev–Trinajstić information content (AvgIpc) is 3.20. The van der Waals surface area contributed by atoms with Crippen LogP contribution in [0.5, 0.6) is 0 Å². The van der Waals surface area contributed by atoms with Gasteiger partial charge >= 0.3 is 0 Å². The zero-order chi connectivity index (χ0) is 18.8. The summed E-state index contributed by atoms with van der Waals surface area (Å²) in [6.07, 6.45) is 0.666. The minimum absolute atomic E-state index is 0.663. The van der Waals surface area contributed by atoms with Gasteiger partial charge in [-0.3, -0.25) is 0 Å². The smallest absolute Gasteiger partial charge is 0.200 e. The summed E-state index contributed by atoms with van der Waals surface area (Å²) in [6.45, 7) is 0. The predicted octanol–water partition coefficient (Wildman–Crippen LogP) is 4.44. The lowest BCUT2D eigenvalue weighted by atomic mass is 10.1. The van der Waals surface area contributed by atoms with Crippen molar-refractivity contribution in [1.29, 1.82) is 0 Å². The fourth-order valence-corrected chi connectivity index (χ4v) is 3.23. The Labute approximate surface area is 162 Å². The van der Waals surface area contributed by atoms with E-state index in [1.807, 2.05) is 83.4 Å². The van der Waals surface area contributed by atoms with Crippen LogP contribution in [0, 0.1) is 0 Å². The third-order valence-corrected chi connectivity index (χ3v) is 4.61. The molecule has 2 aromatic heterocycles. The molecule has 28 heavy (non-hydrogen) atoms. The summed E-state index contributed by atoms with van der Waals surface area (Å²) >= 11 is 0. The van der Waals surface area contributed by atoms with Crippen molar-refractivity contribution in [2.24, 2.45) is 0 Å². The standard InChI is InChI=1S/C23H17N5/c1-4-10-17(11-5-1)16-20-23-26-25-22(19-14-8-3-9-15-19)28(23)27-21(24-20)18-12-6-2-7-13-18/h1-15H,16H2. The lowest BCUT2D eigenvalue weighted by Gasteiger charge is -2.08. The molecule has 3 aromatic carbocycles. The number of nitrogens with zero attached hydrogens (tertiary/aromatic N) is 5. The van der Waals surface area contributed by atoms with Crippen LogP contribution in [0.25, 0.3) is 28.4 Å². The monoisotopic (exact) mass is 363 g/mol. The Morgan fingerprint density at radius 1 is 0.643 bits per heavy atom. The Morgan fingerprint density at radius 2 is 1.25 bits per heavy atom. The third-order valence-electron chi connectivity index (χ3n) is 4.61. The molecule has 0 aliphatic heterocycles. The quantitative estimate of drug-likeness (QED) is 0.473. The third kappa shape index (κ3) is 3.03. The predicted molar refractivity (Wildman–Crippen MR) is 109 cm³/mol. The molecule has 0 N–H and O–H groups in total. The zero-order valence-electron chi connectivity index (χ0n) is 15.1. The maximum atomic E-state index is 4.84. The first-order chi connectivity index (χ1) is 13.9. The van der Waals surface area contributed by atoms with Crippen molar-refractivity contribution in [3.8, 4) is 22.8 Å². The van der Waals surface area contributed by atoms with E-state index in [0.29, 0.717) is 23.7 Å². The van der Waals surface area contributed by atoms with Crippen molar-refractivity contribution in [3.05, 3.63) is 102 Å². The van der Waals surface area contributed by atoms with E-state index >= 15 is 0 Å². The molecule has 0 atom stereocenters. The van der Waals surface area contributed by atoms with Gasteiger partial charge in [-0.25, -0.2) is 4.98 Å². The van der Waals surface area contributed by atoms with Gasteiger partial charge in [-0.15, -0.1) is 15.3 Å².